The zero-order chi connectivity index (χ0) is 13.7. The number of ether oxygens (including phenoxy) is 1. The summed E-state index contributed by atoms with van der Waals surface area (Å²) in [6, 6.07) is 7.71. The van der Waals surface area contributed by atoms with Gasteiger partial charge >= 0.3 is 0 Å². The molecule has 0 N–H and O–H groups in total. The highest BCUT2D eigenvalue weighted by Gasteiger charge is 2.06. The first-order valence-corrected chi connectivity index (χ1v) is 6.23. The van der Waals surface area contributed by atoms with Crippen molar-refractivity contribution in [1.82, 2.24) is 9.97 Å². The maximum atomic E-state index is 13.1. The summed E-state index contributed by atoms with van der Waals surface area (Å²) in [5.74, 6) is 1.29. The molecule has 100 valence electrons. The lowest BCUT2D eigenvalue weighted by atomic mass is 10.3. The topological polar surface area (TPSA) is 38.2 Å². The molecule has 0 aliphatic carbocycles. The van der Waals surface area contributed by atoms with E-state index in [9.17, 15) is 4.39 Å². The highest BCUT2D eigenvalue weighted by atomic mass is 19.1. The fraction of sp³-hybridized carbons (Fsp3) is 0.286. The van der Waals surface area contributed by atoms with Gasteiger partial charge in [0.15, 0.2) is 0 Å². The van der Waals surface area contributed by atoms with Gasteiger partial charge in [-0.25, -0.2) is 14.4 Å². The van der Waals surface area contributed by atoms with Crippen molar-refractivity contribution in [2.45, 2.75) is 13.8 Å². The number of hydrogen-bond donors (Lipinski definition) is 0. The molecule has 1 aromatic heterocycles. The minimum Gasteiger partial charge on any atom is -0.439 e. The molecule has 1 aromatic carbocycles. The Hall–Kier alpha value is -2.17. The minimum atomic E-state index is -0.337. The van der Waals surface area contributed by atoms with E-state index in [0.717, 1.165) is 18.9 Å². The van der Waals surface area contributed by atoms with E-state index in [1.165, 1.54) is 18.5 Å². The van der Waals surface area contributed by atoms with Gasteiger partial charge in [0.05, 0.1) is 0 Å². The Labute approximate surface area is 111 Å². The van der Waals surface area contributed by atoms with Crippen LogP contribution in [0.2, 0.25) is 0 Å². The molecule has 1 heterocycles. The molecule has 0 atom stereocenters. The second kappa shape index (κ2) is 6.13. The Balaban J connectivity index is 2.19. The first kappa shape index (κ1) is 13.3. The average molecular weight is 261 g/mol. The number of hydrogen-bond acceptors (Lipinski definition) is 4. The second-order valence-corrected chi connectivity index (χ2v) is 3.95. The van der Waals surface area contributed by atoms with Crippen molar-refractivity contribution in [2.75, 3.05) is 18.0 Å². The van der Waals surface area contributed by atoms with Gasteiger partial charge < -0.3 is 9.64 Å². The van der Waals surface area contributed by atoms with Gasteiger partial charge in [-0.15, -0.1) is 0 Å². The molecule has 0 radical (unpaired) electrons. The molecule has 0 fully saturated rings. The van der Waals surface area contributed by atoms with Crippen molar-refractivity contribution < 1.29 is 9.13 Å². The monoisotopic (exact) mass is 261 g/mol. The van der Waals surface area contributed by atoms with Crippen LogP contribution >= 0.6 is 0 Å². The van der Waals surface area contributed by atoms with Gasteiger partial charge in [0, 0.05) is 25.2 Å². The maximum Gasteiger partial charge on any atom is 0.224 e. The van der Waals surface area contributed by atoms with Crippen molar-refractivity contribution in [1.29, 1.82) is 0 Å². The number of halogens is 1. The van der Waals surface area contributed by atoms with Crippen LogP contribution < -0.4 is 9.64 Å². The number of aromatic nitrogens is 2. The summed E-state index contributed by atoms with van der Waals surface area (Å²) in [6.45, 7) is 5.82. The summed E-state index contributed by atoms with van der Waals surface area (Å²) < 4.78 is 18.6. The van der Waals surface area contributed by atoms with E-state index < -0.39 is 0 Å². The van der Waals surface area contributed by atoms with Gasteiger partial charge in [-0.1, -0.05) is 6.07 Å². The first-order chi connectivity index (χ1) is 9.22. The molecule has 0 saturated heterocycles. The quantitative estimate of drug-likeness (QED) is 0.828. The number of anilines is 1. The van der Waals surface area contributed by atoms with E-state index in [1.807, 2.05) is 0 Å². The fourth-order valence-corrected chi connectivity index (χ4v) is 1.76. The molecular formula is C14H16FN3O. The minimum absolute atomic E-state index is 0.337. The van der Waals surface area contributed by atoms with Crippen molar-refractivity contribution >= 4 is 5.82 Å². The van der Waals surface area contributed by atoms with E-state index >= 15 is 0 Å². The van der Waals surface area contributed by atoms with Crippen molar-refractivity contribution in [3.8, 4) is 11.6 Å². The highest BCUT2D eigenvalue weighted by Crippen LogP contribution is 2.22. The molecule has 0 bridgehead atoms. The van der Waals surface area contributed by atoms with Gasteiger partial charge in [-0.2, -0.15) is 0 Å². The summed E-state index contributed by atoms with van der Waals surface area (Å²) in [6.07, 6.45) is 1.45. The van der Waals surface area contributed by atoms with E-state index in [1.54, 1.807) is 18.2 Å². The SMILES string of the molecule is CCN(CC)c1cc(Oc2cccc(F)c2)ncn1. The van der Waals surface area contributed by atoms with Gasteiger partial charge in [0.2, 0.25) is 5.88 Å². The third-order valence-corrected chi connectivity index (χ3v) is 2.73. The summed E-state index contributed by atoms with van der Waals surface area (Å²) in [5, 5.41) is 0. The van der Waals surface area contributed by atoms with Crippen LogP contribution in [-0.4, -0.2) is 23.1 Å². The number of nitrogens with zero attached hydrogens (tertiary/aromatic N) is 3. The van der Waals surface area contributed by atoms with Gasteiger partial charge in [-0.05, 0) is 26.0 Å². The fourth-order valence-electron chi connectivity index (χ4n) is 1.76. The smallest absolute Gasteiger partial charge is 0.224 e. The van der Waals surface area contributed by atoms with Crippen LogP contribution in [0.3, 0.4) is 0 Å². The van der Waals surface area contributed by atoms with E-state index in [2.05, 4.69) is 28.7 Å². The zero-order valence-electron chi connectivity index (χ0n) is 11.0. The lowest BCUT2D eigenvalue weighted by Gasteiger charge is -2.19. The van der Waals surface area contributed by atoms with E-state index in [-0.39, 0.29) is 5.82 Å². The Morgan fingerprint density at radius 2 is 1.95 bits per heavy atom. The molecule has 0 unspecified atom stereocenters. The molecule has 0 spiro atoms. The van der Waals surface area contributed by atoms with Gasteiger partial charge in [0.1, 0.15) is 23.7 Å². The van der Waals surface area contributed by atoms with E-state index in [4.69, 9.17) is 4.74 Å². The van der Waals surface area contributed by atoms with E-state index in [0.29, 0.717) is 11.6 Å². The van der Waals surface area contributed by atoms with Crippen molar-refractivity contribution in [3.63, 3.8) is 0 Å². The average Bonchev–Trinajstić information content (AvgIpc) is 2.41. The predicted octanol–water partition coefficient (Wildman–Crippen LogP) is 3.25. The molecule has 2 rings (SSSR count). The number of rotatable bonds is 5. The third kappa shape index (κ3) is 3.40. The Kier molecular flexibility index (Phi) is 4.28. The summed E-state index contributed by atoms with van der Waals surface area (Å²) >= 11 is 0. The highest BCUT2D eigenvalue weighted by molar-refractivity contribution is 5.41. The lowest BCUT2D eigenvalue weighted by molar-refractivity contribution is 0.456. The number of benzene rings is 1. The summed E-state index contributed by atoms with van der Waals surface area (Å²) in [7, 11) is 0. The summed E-state index contributed by atoms with van der Waals surface area (Å²) in [4.78, 5) is 10.3. The molecule has 0 aliphatic heterocycles. The standard InChI is InChI=1S/C14H16FN3O/c1-3-18(4-2)13-9-14(17-10-16-13)19-12-7-5-6-11(15)8-12/h5-10H,3-4H2,1-2H3. The molecule has 19 heavy (non-hydrogen) atoms. The van der Waals surface area contributed by atoms with Gasteiger partial charge in [-0.3, -0.25) is 0 Å². The van der Waals surface area contributed by atoms with Crippen LogP contribution in [0.15, 0.2) is 36.7 Å². The van der Waals surface area contributed by atoms with Crippen molar-refractivity contribution in [3.05, 3.63) is 42.5 Å². The molecule has 2 aromatic rings. The molecule has 0 aliphatic rings. The first-order valence-electron chi connectivity index (χ1n) is 6.23. The van der Waals surface area contributed by atoms with Crippen LogP contribution in [0.5, 0.6) is 11.6 Å². The van der Waals surface area contributed by atoms with Gasteiger partial charge in [0.25, 0.3) is 0 Å². The predicted molar refractivity (Wildman–Crippen MR) is 72.1 cm³/mol. The third-order valence-electron chi connectivity index (χ3n) is 2.73. The Morgan fingerprint density at radius 3 is 2.63 bits per heavy atom. The maximum absolute atomic E-state index is 13.1. The van der Waals surface area contributed by atoms with Crippen LogP contribution in [0.25, 0.3) is 0 Å². The Morgan fingerprint density at radius 1 is 1.16 bits per heavy atom. The molecule has 0 saturated carbocycles. The molecule has 0 amide bonds. The van der Waals surface area contributed by atoms with Crippen molar-refractivity contribution in [2.24, 2.45) is 0 Å². The zero-order valence-corrected chi connectivity index (χ0v) is 11.0. The van der Waals surface area contributed by atoms with Crippen LogP contribution in [0, 0.1) is 5.82 Å². The second-order valence-electron chi connectivity index (χ2n) is 3.95. The van der Waals surface area contributed by atoms with Crippen LogP contribution in [0.4, 0.5) is 10.2 Å². The van der Waals surface area contributed by atoms with Crippen LogP contribution in [0.1, 0.15) is 13.8 Å². The molecule has 5 heteroatoms. The largest absolute Gasteiger partial charge is 0.439 e. The van der Waals surface area contributed by atoms with Crippen LogP contribution in [-0.2, 0) is 0 Å². The normalized spacial score (nSPS) is 10.3. The summed E-state index contributed by atoms with van der Waals surface area (Å²) in [5.41, 5.74) is 0. The molecule has 4 nitrogen and oxygen atoms in total. The Bertz CT molecular complexity index is 544. The lowest BCUT2D eigenvalue weighted by Crippen LogP contribution is -2.22. The molecular weight excluding hydrogens is 245 g/mol.